The van der Waals surface area contributed by atoms with E-state index in [-0.39, 0.29) is 12.5 Å². The number of nitrogens with two attached hydrogens (primary N) is 1. The van der Waals surface area contributed by atoms with Crippen LogP contribution in [0.1, 0.15) is 11.9 Å². The van der Waals surface area contributed by atoms with Crippen LogP contribution < -0.4 is 5.73 Å². The van der Waals surface area contributed by atoms with Gasteiger partial charge in [0.05, 0.1) is 12.1 Å². The number of aliphatic hydroxyl groups excluding tert-OH is 1. The second-order valence-corrected chi connectivity index (χ2v) is 3.34. The summed E-state index contributed by atoms with van der Waals surface area (Å²) in [5, 5.41) is 14.3. The SMILES string of the molecule is NC(CO)c1nc(-c2cscn2)no1. The maximum Gasteiger partial charge on any atom is 0.246 e. The first-order chi connectivity index (χ1) is 6.81. The highest BCUT2D eigenvalue weighted by molar-refractivity contribution is 7.07. The van der Waals surface area contributed by atoms with Crippen molar-refractivity contribution in [2.24, 2.45) is 5.73 Å². The molecule has 14 heavy (non-hydrogen) atoms. The number of aliphatic hydroxyl groups is 1. The molecule has 0 bridgehead atoms. The van der Waals surface area contributed by atoms with Crippen molar-refractivity contribution in [2.75, 3.05) is 6.61 Å². The highest BCUT2D eigenvalue weighted by atomic mass is 32.1. The maximum absolute atomic E-state index is 8.76. The van der Waals surface area contributed by atoms with Crippen LogP contribution in [0.4, 0.5) is 0 Å². The molecule has 0 aliphatic heterocycles. The first-order valence-corrected chi connectivity index (χ1v) is 4.84. The number of hydrogen-bond donors (Lipinski definition) is 2. The largest absolute Gasteiger partial charge is 0.394 e. The van der Waals surface area contributed by atoms with Crippen LogP contribution in [0.2, 0.25) is 0 Å². The molecule has 0 aliphatic carbocycles. The Labute approximate surface area is 83.4 Å². The minimum absolute atomic E-state index is 0.218. The van der Waals surface area contributed by atoms with Crippen LogP contribution in [0.15, 0.2) is 15.4 Å². The molecule has 0 radical (unpaired) electrons. The van der Waals surface area contributed by atoms with E-state index in [1.807, 2.05) is 0 Å². The molecule has 0 fully saturated rings. The molecule has 2 heterocycles. The van der Waals surface area contributed by atoms with Gasteiger partial charge in [0.15, 0.2) is 0 Å². The Morgan fingerprint density at radius 3 is 3.14 bits per heavy atom. The van der Waals surface area contributed by atoms with Gasteiger partial charge in [0.1, 0.15) is 11.7 Å². The molecule has 2 aromatic rings. The normalized spacial score (nSPS) is 13.0. The molecule has 0 spiro atoms. The van der Waals surface area contributed by atoms with Gasteiger partial charge in [-0.2, -0.15) is 4.98 Å². The number of nitrogens with zero attached hydrogens (tertiary/aromatic N) is 3. The van der Waals surface area contributed by atoms with Crippen molar-refractivity contribution < 1.29 is 9.63 Å². The highest BCUT2D eigenvalue weighted by Crippen LogP contribution is 2.17. The minimum atomic E-state index is -0.630. The van der Waals surface area contributed by atoms with Crippen LogP contribution in [0.3, 0.4) is 0 Å². The Balaban J connectivity index is 2.26. The topological polar surface area (TPSA) is 98.1 Å². The van der Waals surface area contributed by atoms with E-state index in [0.29, 0.717) is 11.5 Å². The average molecular weight is 212 g/mol. The first-order valence-electron chi connectivity index (χ1n) is 3.90. The van der Waals surface area contributed by atoms with E-state index in [1.165, 1.54) is 11.3 Å². The van der Waals surface area contributed by atoms with Crippen LogP contribution in [0.5, 0.6) is 0 Å². The zero-order valence-corrected chi connectivity index (χ0v) is 7.94. The smallest absolute Gasteiger partial charge is 0.246 e. The van der Waals surface area contributed by atoms with E-state index in [9.17, 15) is 0 Å². The molecule has 2 rings (SSSR count). The summed E-state index contributed by atoms with van der Waals surface area (Å²) in [5.74, 6) is 0.612. The van der Waals surface area contributed by atoms with Gasteiger partial charge in [0, 0.05) is 5.38 Å². The minimum Gasteiger partial charge on any atom is -0.394 e. The van der Waals surface area contributed by atoms with Crippen molar-refractivity contribution in [3.8, 4) is 11.5 Å². The molecule has 6 nitrogen and oxygen atoms in total. The van der Waals surface area contributed by atoms with E-state index < -0.39 is 6.04 Å². The first kappa shape index (κ1) is 9.25. The third-order valence-corrected chi connectivity index (χ3v) is 2.20. The van der Waals surface area contributed by atoms with E-state index in [0.717, 1.165) is 0 Å². The van der Waals surface area contributed by atoms with Gasteiger partial charge in [-0.3, -0.25) is 0 Å². The van der Waals surface area contributed by atoms with Gasteiger partial charge in [-0.1, -0.05) is 5.16 Å². The molecule has 1 atom stereocenters. The van der Waals surface area contributed by atoms with Gasteiger partial charge < -0.3 is 15.4 Å². The zero-order chi connectivity index (χ0) is 9.97. The Morgan fingerprint density at radius 2 is 2.50 bits per heavy atom. The predicted molar refractivity (Wildman–Crippen MR) is 49.4 cm³/mol. The summed E-state index contributed by atoms with van der Waals surface area (Å²) in [4.78, 5) is 8.02. The molecule has 74 valence electrons. The fourth-order valence-electron chi connectivity index (χ4n) is 0.891. The van der Waals surface area contributed by atoms with E-state index >= 15 is 0 Å². The summed E-state index contributed by atoms with van der Waals surface area (Å²) in [6.07, 6.45) is 0. The maximum atomic E-state index is 8.76. The Kier molecular flexibility index (Phi) is 2.53. The molecular weight excluding hydrogens is 204 g/mol. The summed E-state index contributed by atoms with van der Waals surface area (Å²) in [7, 11) is 0. The summed E-state index contributed by atoms with van der Waals surface area (Å²) in [5.41, 5.74) is 7.82. The van der Waals surface area contributed by atoms with E-state index in [2.05, 4.69) is 15.1 Å². The lowest BCUT2D eigenvalue weighted by Crippen LogP contribution is -2.14. The standard InChI is InChI=1S/C7H8N4O2S/c8-4(1-12)7-10-6(11-13-7)5-2-14-3-9-5/h2-4,12H,1,8H2. The Hall–Kier alpha value is -1.31. The molecule has 3 N–H and O–H groups in total. The summed E-state index contributed by atoms with van der Waals surface area (Å²) >= 11 is 1.44. The molecule has 1 unspecified atom stereocenters. The summed E-state index contributed by atoms with van der Waals surface area (Å²) in [6, 6.07) is -0.630. The summed E-state index contributed by atoms with van der Waals surface area (Å²) < 4.78 is 4.86. The van der Waals surface area contributed by atoms with E-state index in [4.69, 9.17) is 15.4 Å². The molecule has 0 amide bonds. The van der Waals surface area contributed by atoms with Gasteiger partial charge in [-0.15, -0.1) is 11.3 Å². The second kappa shape index (κ2) is 3.82. The zero-order valence-electron chi connectivity index (χ0n) is 7.12. The molecule has 0 saturated carbocycles. The number of thiazole rings is 1. The fraction of sp³-hybridized carbons (Fsp3) is 0.286. The van der Waals surface area contributed by atoms with Crippen LogP contribution in [0.25, 0.3) is 11.5 Å². The molecule has 7 heteroatoms. The van der Waals surface area contributed by atoms with Crippen LogP contribution in [-0.2, 0) is 0 Å². The van der Waals surface area contributed by atoms with Crippen molar-refractivity contribution in [1.82, 2.24) is 15.1 Å². The van der Waals surface area contributed by atoms with Crippen molar-refractivity contribution in [3.63, 3.8) is 0 Å². The quantitative estimate of drug-likeness (QED) is 0.753. The van der Waals surface area contributed by atoms with Crippen LogP contribution in [-0.4, -0.2) is 26.8 Å². The van der Waals surface area contributed by atoms with E-state index in [1.54, 1.807) is 10.9 Å². The molecular formula is C7H8N4O2S. The van der Waals surface area contributed by atoms with Crippen molar-refractivity contribution >= 4 is 11.3 Å². The monoisotopic (exact) mass is 212 g/mol. The van der Waals surface area contributed by atoms with Crippen molar-refractivity contribution in [1.29, 1.82) is 0 Å². The Bertz CT molecular complexity index is 399. The third kappa shape index (κ3) is 1.65. The number of rotatable bonds is 3. The highest BCUT2D eigenvalue weighted by Gasteiger charge is 2.15. The molecule has 0 aliphatic rings. The van der Waals surface area contributed by atoms with Crippen molar-refractivity contribution in [3.05, 3.63) is 16.8 Å². The summed E-state index contributed by atoms with van der Waals surface area (Å²) in [6.45, 7) is -0.224. The second-order valence-electron chi connectivity index (χ2n) is 2.62. The number of hydrogen-bond acceptors (Lipinski definition) is 7. The number of aromatic nitrogens is 3. The van der Waals surface area contributed by atoms with Crippen molar-refractivity contribution in [2.45, 2.75) is 6.04 Å². The van der Waals surface area contributed by atoms with Gasteiger partial charge in [-0.05, 0) is 0 Å². The predicted octanol–water partition coefficient (Wildman–Crippen LogP) is 0.185. The molecule has 0 saturated heterocycles. The van der Waals surface area contributed by atoms with Gasteiger partial charge in [0.25, 0.3) is 0 Å². The van der Waals surface area contributed by atoms with Crippen LogP contribution in [0, 0.1) is 0 Å². The molecule has 0 aromatic carbocycles. The molecule has 2 aromatic heterocycles. The lowest BCUT2D eigenvalue weighted by molar-refractivity contribution is 0.237. The average Bonchev–Trinajstić information content (AvgIpc) is 2.86. The lowest BCUT2D eigenvalue weighted by atomic mass is 10.3. The van der Waals surface area contributed by atoms with Gasteiger partial charge in [-0.25, -0.2) is 4.98 Å². The van der Waals surface area contributed by atoms with Gasteiger partial charge in [0.2, 0.25) is 11.7 Å². The van der Waals surface area contributed by atoms with Crippen LogP contribution >= 0.6 is 11.3 Å². The lowest BCUT2D eigenvalue weighted by Gasteiger charge is -1.98. The van der Waals surface area contributed by atoms with Gasteiger partial charge >= 0.3 is 0 Å². The third-order valence-electron chi connectivity index (χ3n) is 1.62. The fourth-order valence-corrected chi connectivity index (χ4v) is 1.42. The Morgan fingerprint density at radius 1 is 1.64 bits per heavy atom.